The van der Waals surface area contributed by atoms with Crippen LogP contribution in [-0.2, 0) is 28.6 Å². The molecule has 1 atom stereocenters. The first kappa shape index (κ1) is 74.8. The maximum atomic E-state index is 12.9. The van der Waals surface area contributed by atoms with E-state index < -0.39 is 6.10 Å². The lowest BCUT2D eigenvalue weighted by Crippen LogP contribution is -2.30. The lowest BCUT2D eigenvalue weighted by molar-refractivity contribution is -0.167. The van der Waals surface area contributed by atoms with Crippen LogP contribution in [0.2, 0.25) is 0 Å². The van der Waals surface area contributed by atoms with Crippen molar-refractivity contribution in [2.75, 3.05) is 13.2 Å². The Balaban J connectivity index is 4.27. The highest BCUT2D eigenvalue weighted by Crippen LogP contribution is 2.16. The van der Waals surface area contributed by atoms with Gasteiger partial charge in [0.05, 0.1) is 0 Å². The van der Waals surface area contributed by atoms with Crippen molar-refractivity contribution >= 4 is 17.9 Å². The third-order valence-corrected chi connectivity index (χ3v) is 13.9. The van der Waals surface area contributed by atoms with E-state index in [2.05, 4.69) is 142 Å². The van der Waals surface area contributed by atoms with Gasteiger partial charge in [0.2, 0.25) is 0 Å². The number of carbonyl (C=O) groups excluding carboxylic acids is 3. The molecule has 79 heavy (non-hydrogen) atoms. The molecular weight excluding hydrogens is 973 g/mol. The SMILES string of the molecule is CC/C=C\C/C=C\C/C=C\C/C=C\C/C=C\C/C=C\C/C=C\CCCCCCCCCCCC(=O)OCC(COC(=O)CCCCCCC/C=C\CCCC)OC(=O)CCCCCCCCCCC/C=C\C/C=C\CCCCC. The Hall–Kier alpha value is -4.19. The van der Waals surface area contributed by atoms with E-state index in [-0.39, 0.29) is 31.1 Å². The molecule has 0 heterocycles. The fraction of sp³-hybridized carbons (Fsp3) is 0.685. The van der Waals surface area contributed by atoms with Crippen molar-refractivity contribution in [3.63, 3.8) is 0 Å². The predicted octanol–water partition coefficient (Wildman–Crippen LogP) is 22.8. The lowest BCUT2D eigenvalue weighted by atomic mass is 10.1. The number of hydrogen-bond donors (Lipinski definition) is 0. The summed E-state index contributed by atoms with van der Waals surface area (Å²) in [6.45, 7) is 6.46. The molecule has 0 saturated heterocycles. The molecule has 0 N–H and O–H groups in total. The number of unbranched alkanes of at least 4 members (excludes halogenated alkanes) is 28. The fourth-order valence-corrected chi connectivity index (χ4v) is 8.96. The minimum Gasteiger partial charge on any atom is -0.462 e. The predicted molar refractivity (Wildman–Crippen MR) is 343 cm³/mol. The second kappa shape index (κ2) is 66.3. The molecule has 450 valence electrons. The Morgan fingerprint density at radius 1 is 0.266 bits per heavy atom. The van der Waals surface area contributed by atoms with Gasteiger partial charge >= 0.3 is 17.9 Å². The third-order valence-electron chi connectivity index (χ3n) is 13.9. The Kier molecular flexibility index (Phi) is 62.8. The number of esters is 3. The highest BCUT2D eigenvalue weighted by molar-refractivity contribution is 5.71. The summed E-state index contributed by atoms with van der Waals surface area (Å²) in [4.78, 5) is 38.3. The largest absolute Gasteiger partial charge is 0.462 e. The highest BCUT2D eigenvalue weighted by atomic mass is 16.6. The first-order valence-corrected chi connectivity index (χ1v) is 33.0. The zero-order valence-electron chi connectivity index (χ0n) is 51.6. The number of ether oxygens (including phenoxy) is 3. The third kappa shape index (κ3) is 64.5. The zero-order valence-corrected chi connectivity index (χ0v) is 51.6. The smallest absolute Gasteiger partial charge is 0.306 e. The number of carbonyl (C=O) groups is 3. The van der Waals surface area contributed by atoms with Gasteiger partial charge in [-0.25, -0.2) is 0 Å². The van der Waals surface area contributed by atoms with Gasteiger partial charge in [0.1, 0.15) is 13.2 Å². The van der Waals surface area contributed by atoms with E-state index in [1.807, 2.05) is 0 Å². The zero-order chi connectivity index (χ0) is 57.1. The summed E-state index contributed by atoms with van der Waals surface area (Å²) in [5.74, 6) is -0.900. The van der Waals surface area contributed by atoms with Gasteiger partial charge in [-0.05, 0) is 128 Å². The van der Waals surface area contributed by atoms with Crippen molar-refractivity contribution in [1.82, 2.24) is 0 Å². The van der Waals surface area contributed by atoms with Crippen LogP contribution in [0.15, 0.2) is 122 Å². The van der Waals surface area contributed by atoms with E-state index in [1.165, 1.54) is 141 Å². The van der Waals surface area contributed by atoms with E-state index in [9.17, 15) is 14.4 Å². The first-order valence-electron chi connectivity index (χ1n) is 33.0. The summed E-state index contributed by atoms with van der Waals surface area (Å²) in [5, 5.41) is 0. The average molecular weight is 1100 g/mol. The van der Waals surface area contributed by atoms with Gasteiger partial charge < -0.3 is 14.2 Å². The van der Waals surface area contributed by atoms with Gasteiger partial charge in [0.15, 0.2) is 6.10 Å². The van der Waals surface area contributed by atoms with Crippen LogP contribution in [0.4, 0.5) is 0 Å². The van der Waals surface area contributed by atoms with Crippen LogP contribution in [0.3, 0.4) is 0 Å². The molecule has 1 unspecified atom stereocenters. The standard InChI is InChI=1S/C73H122O6/c1-4-7-10-13-16-19-22-24-26-28-30-31-32-33-34-35-36-37-38-39-40-41-43-44-46-48-51-54-57-60-63-66-72(75)78-69-70(68-77-71(74)65-62-59-56-53-50-21-18-15-12-9-6-3)79-73(76)67-64-61-58-55-52-49-47-45-42-29-27-25-23-20-17-14-11-8-5-2/h7,10,15-20,24-27,30-31,33-34,36-37,39-40,70H,4-6,8-9,11-14,21-23,28-29,32,35,38,41-69H2,1-3H3/b10-7-,18-15-,19-16-,20-17-,26-24-,27-25-,31-30-,34-33-,37-36-,40-39-. The molecule has 0 saturated carbocycles. The van der Waals surface area contributed by atoms with E-state index in [0.717, 1.165) is 122 Å². The molecule has 0 aliphatic rings. The summed E-state index contributed by atoms with van der Waals surface area (Å²) in [7, 11) is 0. The normalized spacial score (nSPS) is 12.9. The molecule has 0 bridgehead atoms. The van der Waals surface area contributed by atoms with Crippen molar-refractivity contribution in [3.05, 3.63) is 122 Å². The van der Waals surface area contributed by atoms with Gasteiger partial charge in [-0.3, -0.25) is 14.4 Å². The lowest BCUT2D eigenvalue weighted by Gasteiger charge is -2.18. The second-order valence-corrected chi connectivity index (χ2v) is 21.6. The summed E-state index contributed by atoms with van der Waals surface area (Å²) < 4.78 is 16.9. The van der Waals surface area contributed by atoms with E-state index in [1.54, 1.807) is 0 Å². The number of hydrogen-bond acceptors (Lipinski definition) is 6. The highest BCUT2D eigenvalue weighted by Gasteiger charge is 2.19. The minimum atomic E-state index is -0.789. The molecule has 0 aromatic carbocycles. The summed E-state index contributed by atoms with van der Waals surface area (Å²) in [5.41, 5.74) is 0. The molecule has 0 aromatic rings. The molecule has 0 amide bonds. The van der Waals surface area contributed by atoms with Crippen molar-refractivity contribution in [3.8, 4) is 0 Å². The first-order chi connectivity index (χ1) is 39.0. The fourth-order valence-electron chi connectivity index (χ4n) is 8.96. The van der Waals surface area contributed by atoms with Crippen molar-refractivity contribution in [2.24, 2.45) is 0 Å². The molecular formula is C73H122O6. The molecule has 0 spiro atoms. The molecule has 6 heteroatoms. The second-order valence-electron chi connectivity index (χ2n) is 21.6. The van der Waals surface area contributed by atoms with E-state index >= 15 is 0 Å². The summed E-state index contributed by atoms with van der Waals surface area (Å²) >= 11 is 0. The van der Waals surface area contributed by atoms with E-state index in [0.29, 0.717) is 19.3 Å². The molecule has 0 aromatic heterocycles. The number of rotatable bonds is 59. The van der Waals surface area contributed by atoms with Gasteiger partial charge in [0.25, 0.3) is 0 Å². The van der Waals surface area contributed by atoms with Gasteiger partial charge in [-0.2, -0.15) is 0 Å². The Labute approximate surface area is 488 Å². The van der Waals surface area contributed by atoms with Gasteiger partial charge in [0, 0.05) is 19.3 Å². The van der Waals surface area contributed by atoms with E-state index in [4.69, 9.17) is 14.2 Å². The molecule has 0 radical (unpaired) electrons. The molecule has 0 aliphatic carbocycles. The maximum absolute atomic E-state index is 12.9. The van der Waals surface area contributed by atoms with Crippen LogP contribution in [0.1, 0.15) is 303 Å². The van der Waals surface area contributed by atoms with Crippen molar-refractivity contribution in [2.45, 2.75) is 309 Å². The quantitative estimate of drug-likeness (QED) is 0.0261. The molecule has 0 rings (SSSR count). The molecule has 0 fully saturated rings. The Morgan fingerprint density at radius 2 is 0.506 bits per heavy atom. The van der Waals surface area contributed by atoms with Crippen LogP contribution in [0, 0.1) is 0 Å². The van der Waals surface area contributed by atoms with Crippen LogP contribution in [-0.4, -0.2) is 37.2 Å². The number of allylic oxidation sites excluding steroid dienone is 20. The molecule has 0 aliphatic heterocycles. The Morgan fingerprint density at radius 3 is 0.823 bits per heavy atom. The molecule has 6 nitrogen and oxygen atoms in total. The van der Waals surface area contributed by atoms with Gasteiger partial charge in [-0.1, -0.05) is 277 Å². The average Bonchev–Trinajstić information content (AvgIpc) is 3.45. The van der Waals surface area contributed by atoms with Crippen molar-refractivity contribution < 1.29 is 28.6 Å². The van der Waals surface area contributed by atoms with Crippen molar-refractivity contribution in [1.29, 1.82) is 0 Å². The van der Waals surface area contributed by atoms with Crippen LogP contribution in [0.25, 0.3) is 0 Å². The minimum absolute atomic E-state index is 0.0865. The van der Waals surface area contributed by atoms with Crippen LogP contribution >= 0.6 is 0 Å². The van der Waals surface area contributed by atoms with Gasteiger partial charge in [-0.15, -0.1) is 0 Å². The van der Waals surface area contributed by atoms with Crippen LogP contribution in [0.5, 0.6) is 0 Å². The maximum Gasteiger partial charge on any atom is 0.306 e. The monoisotopic (exact) mass is 1090 g/mol. The Bertz CT molecular complexity index is 1640. The van der Waals surface area contributed by atoms with Crippen LogP contribution < -0.4 is 0 Å². The summed E-state index contributed by atoms with van der Waals surface area (Å²) in [6, 6.07) is 0. The summed E-state index contributed by atoms with van der Waals surface area (Å²) in [6.07, 6.45) is 92.1. The topological polar surface area (TPSA) is 78.9 Å².